The predicted octanol–water partition coefficient (Wildman–Crippen LogP) is 2.03. The minimum absolute atomic E-state index is 0.285. The molecule has 6 heteroatoms. The molecule has 2 aromatic heterocycles. The summed E-state index contributed by atoms with van der Waals surface area (Å²) in [4.78, 5) is 20.6. The molecule has 0 spiro atoms. The van der Waals surface area contributed by atoms with Gasteiger partial charge < -0.3 is 9.26 Å². The summed E-state index contributed by atoms with van der Waals surface area (Å²) in [6, 6.07) is 5.59. The van der Waals surface area contributed by atoms with Crippen LogP contribution in [-0.4, -0.2) is 27.7 Å². The van der Waals surface area contributed by atoms with Crippen LogP contribution in [0.5, 0.6) is 0 Å². The second-order valence-corrected chi connectivity index (χ2v) is 4.89. The third-order valence-corrected chi connectivity index (χ3v) is 3.37. The average Bonchev–Trinajstić information content (AvgIpc) is 3.10. The Kier molecular flexibility index (Phi) is 3.00. The summed E-state index contributed by atoms with van der Waals surface area (Å²) in [6.07, 6.45) is 1.38. The van der Waals surface area contributed by atoms with Crippen LogP contribution in [0, 0.1) is 6.92 Å². The van der Waals surface area contributed by atoms with Gasteiger partial charge in [0.15, 0.2) is 0 Å². The second-order valence-electron chi connectivity index (χ2n) is 4.89. The molecule has 0 N–H and O–H groups in total. The maximum atomic E-state index is 12.0. The topological polar surface area (TPSA) is 78.1 Å². The van der Waals surface area contributed by atoms with Crippen LogP contribution < -0.4 is 0 Å². The van der Waals surface area contributed by atoms with E-state index in [4.69, 9.17) is 9.26 Å². The first-order valence-corrected chi connectivity index (χ1v) is 6.61. The Bertz CT molecular complexity index is 647. The molecule has 1 saturated carbocycles. The van der Waals surface area contributed by atoms with Crippen LogP contribution in [0.25, 0.3) is 11.5 Å². The number of esters is 1. The Balaban J connectivity index is 1.89. The first-order chi connectivity index (χ1) is 9.65. The molecule has 0 aromatic carbocycles. The molecule has 6 nitrogen and oxygen atoms in total. The van der Waals surface area contributed by atoms with Crippen LogP contribution >= 0.6 is 0 Å². The van der Waals surface area contributed by atoms with Crippen LogP contribution in [0.2, 0.25) is 0 Å². The quantitative estimate of drug-likeness (QED) is 0.793. The number of hydrogen-bond donors (Lipinski definition) is 0. The van der Waals surface area contributed by atoms with E-state index in [1.165, 1.54) is 0 Å². The van der Waals surface area contributed by atoms with Crippen LogP contribution in [0.3, 0.4) is 0 Å². The van der Waals surface area contributed by atoms with Crippen molar-refractivity contribution in [3.63, 3.8) is 0 Å². The maximum Gasteiger partial charge on any atom is 0.321 e. The van der Waals surface area contributed by atoms with Crippen molar-refractivity contribution >= 4 is 5.97 Å². The van der Waals surface area contributed by atoms with Gasteiger partial charge in [-0.15, -0.1) is 0 Å². The first-order valence-electron chi connectivity index (χ1n) is 6.61. The van der Waals surface area contributed by atoms with Crippen LogP contribution in [0.1, 0.15) is 31.4 Å². The number of aromatic nitrogens is 3. The van der Waals surface area contributed by atoms with Crippen LogP contribution in [-0.2, 0) is 14.9 Å². The van der Waals surface area contributed by atoms with E-state index in [2.05, 4.69) is 15.1 Å². The molecule has 1 aliphatic carbocycles. The molecule has 0 atom stereocenters. The van der Waals surface area contributed by atoms with Crippen molar-refractivity contribution in [3.8, 4) is 11.5 Å². The molecule has 0 unspecified atom stereocenters. The maximum absolute atomic E-state index is 12.0. The van der Waals surface area contributed by atoms with Crippen LogP contribution in [0.4, 0.5) is 0 Å². The van der Waals surface area contributed by atoms with Crippen LogP contribution in [0.15, 0.2) is 22.7 Å². The number of aryl methyl sites for hydroxylation is 1. The lowest BCUT2D eigenvalue weighted by Gasteiger charge is -2.07. The fourth-order valence-electron chi connectivity index (χ4n) is 2.09. The molecule has 0 bridgehead atoms. The minimum atomic E-state index is -0.731. The molecule has 0 saturated heterocycles. The van der Waals surface area contributed by atoms with Gasteiger partial charge in [0.1, 0.15) is 11.1 Å². The number of ether oxygens (including phenoxy) is 1. The molecule has 0 radical (unpaired) electrons. The molecule has 1 aliphatic rings. The summed E-state index contributed by atoms with van der Waals surface area (Å²) in [5, 5.41) is 3.92. The molecule has 2 heterocycles. The largest absolute Gasteiger partial charge is 0.465 e. The number of carbonyl (C=O) groups excluding carboxylic acids is 1. The Morgan fingerprint density at radius 3 is 2.85 bits per heavy atom. The van der Waals surface area contributed by atoms with Crippen molar-refractivity contribution in [1.29, 1.82) is 0 Å². The molecule has 2 aromatic rings. The standard InChI is InChI=1S/C14H15N3O3/c1-3-19-13(18)14(7-8-14)12-16-11(17-20-12)10-6-4-5-9(2)15-10/h4-6H,3,7-8H2,1-2H3. The smallest absolute Gasteiger partial charge is 0.321 e. The highest BCUT2D eigenvalue weighted by Crippen LogP contribution is 2.48. The van der Waals surface area contributed by atoms with E-state index >= 15 is 0 Å². The third-order valence-electron chi connectivity index (χ3n) is 3.37. The molecule has 3 rings (SSSR count). The van der Waals surface area contributed by atoms with Gasteiger partial charge in [-0.05, 0) is 38.8 Å². The Morgan fingerprint density at radius 2 is 2.20 bits per heavy atom. The second kappa shape index (κ2) is 4.70. The van der Waals surface area contributed by atoms with Crippen molar-refractivity contribution in [1.82, 2.24) is 15.1 Å². The normalized spacial score (nSPS) is 15.9. The van der Waals surface area contributed by atoms with E-state index in [9.17, 15) is 4.79 Å². The van der Waals surface area contributed by atoms with Crippen molar-refractivity contribution in [2.75, 3.05) is 6.61 Å². The molecule has 0 amide bonds. The lowest BCUT2D eigenvalue weighted by molar-refractivity contribution is -0.146. The Labute approximate surface area is 116 Å². The Morgan fingerprint density at radius 1 is 1.40 bits per heavy atom. The lowest BCUT2D eigenvalue weighted by Crippen LogP contribution is -2.23. The summed E-state index contributed by atoms with van der Waals surface area (Å²) in [5.74, 6) is 0.445. The number of pyridine rings is 1. The third kappa shape index (κ3) is 2.07. The number of carbonyl (C=O) groups is 1. The van der Waals surface area contributed by atoms with Gasteiger partial charge in [-0.25, -0.2) is 4.98 Å². The minimum Gasteiger partial charge on any atom is -0.465 e. The monoisotopic (exact) mass is 273 g/mol. The highest BCUT2D eigenvalue weighted by Gasteiger charge is 2.57. The summed E-state index contributed by atoms with van der Waals surface area (Å²) in [5.41, 5.74) is 0.783. The highest BCUT2D eigenvalue weighted by molar-refractivity contribution is 5.85. The molecule has 0 aliphatic heterocycles. The van der Waals surface area contributed by atoms with Gasteiger partial charge in [0.05, 0.1) is 6.61 Å². The SMILES string of the molecule is CCOC(=O)C1(c2nc(-c3cccc(C)n3)no2)CC1. The fourth-order valence-corrected chi connectivity index (χ4v) is 2.09. The van der Waals surface area contributed by atoms with Gasteiger partial charge in [0.25, 0.3) is 0 Å². The summed E-state index contributed by atoms with van der Waals surface area (Å²) < 4.78 is 10.3. The van der Waals surface area contributed by atoms with E-state index in [1.807, 2.05) is 25.1 Å². The number of nitrogens with zero attached hydrogens (tertiary/aromatic N) is 3. The van der Waals surface area contributed by atoms with Crippen molar-refractivity contribution in [2.45, 2.75) is 32.1 Å². The summed E-state index contributed by atoms with van der Waals surface area (Å²) >= 11 is 0. The highest BCUT2D eigenvalue weighted by atomic mass is 16.5. The number of hydrogen-bond acceptors (Lipinski definition) is 6. The van der Waals surface area contributed by atoms with E-state index in [0.29, 0.717) is 36.9 Å². The zero-order chi connectivity index (χ0) is 14.2. The Hall–Kier alpha value is -2.24. The average molecular weight is 273 g/mol. The predicted molar refractivity (Wildman–Crippen MR) is 69.8 cm³/mol. The van der Waals surface area contributed by atoms with E-state index in [0.717, 1.165) is 5.69 Å². The first kappa shape index (κ1) is 12.8. The van der Waals surface area contributed by atoms with Gasteiger partial charge in [0.2, 0.25) is 11.7 Å². The molecular formula is C14H15N3O3. The van der Waals surface area contributed by atoms with Crippen molar-refractivity contribution in [2.24, 2.45) is 0 Å². The van der Waals surface area contributed by atoms with E-state index in [1.54, 1.807) is 6.92 Å². The van der Waals surface area contributed by atoms with Gasteiger partial charge in [-0.2, -0.15) is 4.98 Å². The molecule has 20 heavy (non-hydrogen) atoms. The van der Waals surface area contributed by atoms with E-state index in [-0.39, 0.29) is 5.97 Å². The molecule has 1 fully saturated rings. The lowest BCUT2D eigenvalue weighted by atomic mass is 10.1. The van der Waals surface area contributed by atoms with Gasteiger partial charge >= 0.3 is 5.97 Å². The van der Waals surface area contributed by atoms with Crippen molar-refractivity contribution in [3.05, 3.63) is 29.8 Å². The fraction of sp³-hybridized carbons (Fsp3) is 0.429. The summed E-state index contributed by atoms with van der Waals surface area (Å²) in [7, 11) is 0. The molecular weight excluding hydrogens is 258 g/mol. The summed E-state index contributed by atoms with van der Waals surface area (Å²) in [6.45, 7) is 4.02. The van der Waals surface area contributed by atoms with E-state index < -0.39 is 5.41 Å². The number of rotatable bonds is 4. The van der Waals surface area contributed by atoms with Gasteiger partial charge in [-0.3, -0.25) is 4.79 Å². The zero-order valence-corrected chi connectivity index (χ0v) is 11.4. The van der Waals surface area contributed by atoms with Gasteiger partial charge in [0, 0.05) is 5.69 Å². The zero-order valence-electron chi connectivity index (χ0n) is 11.4. The molecule has 104 valence electrons. The van der Waals surface area contributed by atoms with Crippen molar-refractivity contribution < 1.29 is 14.1 Å². The van der Waals surface area contributed by atoms with Gasteiger partial charge in [-0.1, -0.05) is 11.2 Å².